The number of hydrogen-bond acceptors (Lipinski definition) is 6. The van der Waals surface area contributed by atoms with Gasteiger partial charge in [-0.05, 0) is 24.0 Å². The van der Waals surface area contributed by atoms with Crippen molar-refractivity contribution in [3.63, 3.8) is 0 Å². The average Bonchev–Trinajstić information content (AvgIpc) is 3.36. The number of likely N-dealkylation sites (tertiary alicyclic amines) is 1. The summed E-state index contributed by atoms with van der Waals surface area (Å²) in [6, 6.07) is 0. The Bertz CT molecular complexity index is 1280. The van der Waals surface area contributed by atoms with Gasteiger partial charge in [-0.1, -0.05) is 6.92 Å². The molecule has 0 saturated carbocycles. The van der Waals surface area contributed by atoms with Crippen LogP contribution in [0.4, 0.5) is 8.78 Å². The van der Waals surface area contributed by atoms with Gasteiger partial charge in [-0.25, -0.2) is 23.7 Å². The van der Waals surface area contributed by atoms with E-state index in [9.17, 15) is 9.18 Å². The van der Waals surface area contributed by atoms with E-state index in [1.165, 1.54) is 6.33 Å². The molecule has 0 radical (unpaired) electrons. The Kier molecular flexibility index (Phi) is 5.05. The molecule has 2 atom stereocenters. The van der Waals surface area contributed by atoms with Crippen LogP contribution in [-0.2, 0) is 25.8 Å². The van der Waals surface area contributed by atoms with Crippen LogP contribution in [0.2, 0.25) is 0 Å². The first-order valence-electron chi connectivity index (χ1n) is 11.5. The number of alkyl halides is 1. The van der Waals surface area contributed by atoms with Crippen LogP contribution in [0.5, 0.6) is 11.8 Å². The Morgan fingerprint density at radius 1 is 1.15 bits per heavy atom. The first-order valence-corrected chi connectivity index (χ1v) is 11.5. The zero-order valence-electron chi connectivity index (χ0n) is 18.7. The number of amides is 1. The third-order valence-electron chi connectivity index (χ3n) is 6.96. The van der Waals surface area contributed by atoms with Gasteiger partial charge < -0.3 is 15.0 Å². The highest BCUT2D eigenvalue weighted by atomic mass is 19.1. The smallest absolute Gasteiger partial charge is 0.258 e. The van der Waals surface area contributed by atoms with Crippen LogP contribution < -0.4 is 10.1 Å². The Morgan fingerprint density at radius 2 is 2.03 bits per heavy atom. The third-order valence-corrected chi connectivity index (χ3v) is 6.96. The zero-order chi connectivity index (χ0) is 23.4. The van der Waals surface area contributed by atoms with Crippen LogP contribution in [0.1, 0.15) is 39.7 Å². The number of aromatic nitrogens is 4. The predicted octanol–water partition coefficient (Wildman–Crippen LogP) is 2.97. The Hall–Kier alpha value is -3.40. The van der Waals surface area contributed by atoms with E-state index in [4.69, 9.17) is 4.74 Å². The van der Waals surface area contributed by atoms with Crippen molar-refractivity contribution in [3.05, 3.63) is 52.5 Å². The van der Waals surface area contributed by atoms with Crippen molar-refractivity contribution in [1.82, 2.24) is 30.2 Å². The van der Waals surface area contributed by atoms with Crippen LogP contribution in [-0.4, -0.2) is 56.5 Å². The largest absolute Gasteiger partial charge is 0.417 e. The van der Waals surface area contributed by atoms with Crippen molar-refractivity contribution in [2.45, 2.75) is 38.9 Å². The predicted molar refractivity (Wildman–Crippen MR) is 119 cm³/mol. The van der Waals surface area contributed by atoms with E-state index in [2.05, 4.69) is 25.3 Å². The molecule has 2 N–H and O–H groups in total. The summed E-state index contributed by atoms with van der Waals surface area (Å²) in [4.78, 5) is 30.2. The molecule has 0 spiro atoms. The summed E-state index contributed by atoms with van der Waals surface area (Å²) >= 11 is 0. The number of aromatic amines is 1. The van der Waals surface area contributed by atoms with Crippen LogP contribution in [0.15, 0.2) is 18.7 Å². The minimum absolute atomic E-state index is 0.0448. The maximum absolute atomic E-state index is 15.8. The van der Waals surface area contributed by atoms with Gasteiger partial charge in [0.25, 0.3) is 11.8 Å². The average molecular weight is 466 g/mol. The minimum Gasteiger partial charge on any atom is -0.417 e. The van der Waals surface area contributed by atoms with Gasteiger partial charge in [-0.3, -0.25) is 9.69 Å². The SMILES string of the molecule is C[C@@H]1CN(Cc2cncnc2Oc2ncc3c(c2F)-c2[nH]c4c(c2CC3)C(=O)NCC4)CC1F. The number of aryl methyl sites for hydroxylation is 1. The zero-order valence-corrected chi connectivity index (χ0v) is 18.7. The van der Waals surface area contributed by atoms with E-state index in [1.54, 1.807) is 12.4 Å². The standard InChI is InChI=1S/C24H24F2N6O2/c1-12-8-32(10-16(12)25)9-14-6-27-11-30-23(14)34-24-20(26)18-13(7-29-24)2-3-15-19-17(31-21(15)18)4-5-28-22(19)33/h6-7,11-12,16,31H,2-5,8-10H2,1H3,(H,28,33)/t12-,16?/m1/s1. The number of ether oxygens (including phenoxy) is 1. The maximum atomic E-state index is 15.8. The molecular weight excluding hydrogens is 442 g/mol. The topological polar surface area (TPSA) is 96.0 Å². The lowest BCUT2D eigenvalue weighted by molar-refractivity contribution is 0.0945. The molecule has 0 aromatic carbocycles. The van der Waals surface area contributed by atoms with Gasteiger partial charge in [-0.15, -0.1) is 0 Å². The summed E-state index contributed by atoms with van der Waals surface area (Å²) in [7, 11) is 0. The Morgan fingerprint density at radius 3 is 2.85 bits per heavy atom. The molecule has 176 valence electrons. The number of carbonyl (C=O) groups excluding carboxylic acids is 1. The van der Waals surface area contributed by atoms with E-state index in [0.29, 0.717) is 67.8 Å². The van der Waals surface area contributed by atoms with Crippen molar-refractivity contribution in [2.75, 3.05) is 19.6 Å². The minimum atomic E-state index is -0.878. The van der Waals surface area contributed by atoms with Gasteiger partial charge in [0.2, 0.25) is 5.88 Å². The highest BCUT2D eigenvalue weighted by molar-refractivity contribution is 6.00. The van der Waals surface area contributed by atoms with Gasteiger partial charge in [0.1, 0.15) is 12.5 Å². The number of hydrogen-bond donors (Lipinski definition) is 2. The lowest BCUT2D eigenvalue weighted by Crippen LogP contribution is -2.32. The van der Waals surface area contributed by atoms with Crippen LogP contribution >= 0.6 is 0 Å². The highest BCUT2D eigenvalue weighted by Crippen LogP contribution is 2.41. The maximum Gasteiger partial charge on any atom is 0.258 e. The first-order chi connectivity index (χ1) is 16.5. The van der Waals surface area contributed by atoms with Crippen LogP contribution in [0.25, 0.3) is 11.3 Å². The van der Waals surface area contributed by atoms with Gasteiger partial charge in [0.05, 0.1) is 11.3 Å². The molecule has 5 heterocycles. The van der Waals surface area contributed by atoms with Gasteiger partial charge in [-0.2, -0.15) is 0 Å². The number of H-pyrrole nitrogens is 1. The Labute approximate surface area is 194 Å². The molecule has 10 heteroatoms. The summed E-state index contributed by atoms with van der Waals surface area (Å²) in [6.45, 7) is 3.78. The van der Waals surface area contributed by atoms with E-state index >= 15 is 4.39 Å². The summed E-state index contributed by atoms with van der Waals surface area (Å²) < 4.78 is 35.6. The Balaban J connectivity index is 1.34. The summed E-state index contributed by atoms with van der Waals surface area (Å²) in [5, 5.41) is 2.87. The van der Waals surface area contributed by atoms with Crippen LogP contribution in [0, 0.1) is 11.7 Å². The number of halogens is 2. The molecule has 1 saturated heterocycles. The summed E-state index contributed by atoms with van der Waals surface area (Å²) in [5.41, 5.74) is 4.71. The summed E-state index contributed by atoms with van der Waals surface area (Å²) in [6.07, 6.45) is 5.58. The van der Waals surface area contributed by atoms with E-state index in [1.807, 2.05) is 11.8 Å². The van der Waals surface area contributed by atoms with E-state index in [0.717, 1.165) is 16.8 Å². The monoisotopic (exact) mass is 466 g/mol. The molecule has 3 aromatic heterocycles. The molecule has 0 bridgehead atoms. The van der Waals surface area contributed by atoms with Crippen molar-refractivity contribution in [2.24, 2.45) is 5.92 Å². The van der Waals surface area contributed by atoms with Crippen molar-refractivity contribution >= 4 is 5.91 Å². The second-order valence-electron chi connectivity index (χ2n) is 9.26. The molecule has 8 nitrogen and oxygen atoms in total. The summed E-state index contributed by atoms with van der Waals surface area (Å²) in [5.74, 6) is -0.762. The second-order valence-corrected chi connectivity index (χ2v) is 9.26. The number of fused-ring (bicyclic) bond motifs is 5. The number of pyridine rings is 1. The number of nitrogens with zero attached hydrogens (tertiary/aromatic N) is 4. The molecule has 6 rings (SSSR count). The number of nitrogens with one attached hydrogen (secondary N) is 2. The van der Waals surface area contributed by atoms with E-state index in [-0.39, 0.29) is 23.6 Å². The quantitative estimate of drug-likeness (QED) is 0.614. The second kappa shape index (κ2) is 8.12. The van der Waals surface area contributed by atoms with Crippen molar-refractivity contribution < 1.29 is 18.3 Å². The van der Waals surface area contributed by atoms with Gasteiger partial charge in [0.15, 0.2) is 5.82 Å². The van der Waals surface area contributed by atoms with Crippen LogP contribution in [0.3, 0.4) is 0 Å². The van der Waals surface area contributed by atoms with Crippen molar-refractivity contribution in [1.29, 1.82) is 0 Å². The van der Waals surface area contributed by atoms with Gasteiger partial charge >= 0.3 is 0 Å². The lowest BCUT2D eigenvalue weighted by Gasteiger charge is -2.20. The molecule has 3 aliphatic rings. The molecule has 3 aromatic rings. The lowest BCUT2D eigenvalue weighted by atomic mass is 9.88. The highest BCUT2D eigenvalue weighted by Gasteiger charge is 2.33. The third kappa shape index (κ3) is 3.44. The fourth-order valence-corrected chi connectivity index (χ4v) is 5.24. The van der Waals surface area contributed by atoms with Gasteiger partial charge in [0, 0.05) is 67.7 Å². The fraction of sp³-hybridized carbons (Fsp3) is 0.417. The molecule has 34 heavy (non-hydrogen) atoms. The molecular formula is C24H24F2N6O2. The number of carbonyl (C=O) groups is 1. The molecule has 1 fully saturated rings. The molecule has 1 unspecified atom stereocenters. The normalized spacial score (nSPS) is 21.6. The molecule has 1 amide bonds. The molecule has 1 aliphatic carbocycles. The number of rotatable bonds is 4. The van der Waals surface area contributed by atoms with E-state index < -0.39 is 12.0 Å². The first kappa shape index (κ1) is 21.2. The fourth-order valence-electron chi connectivity index (χ4n) is 5.24. The molecule has 2 aliphatic heterocycles. The van der Waals surface area contributed by atoms with Crippen molar-refractivity contribution in [3.8, 4) is 23.0 Å².